The lowest BCUT2D eigenvalue weighted by molar-refractivity contribution is -0.121. The Bertz CT molecular complexity index is 697. The minimum atomic E-state index is -0.259. The smallest absolute Gasteiger partial charge is 0.233 e. The van der Waals surface area contributed by atoms with Crippen LogP contribution in [0.15, 0.2) is 29.4 Å². The molecule has 1 saturated carbocycles. The van der Waals surface area contributed by atoms with E-state index in [0.717, 1.165) is 24.3 Å². The first-order valence-electron chi connectivity index (χ1n) is 8.57. The number of ether oxygens (including phenoxy) is 1. The van der Waals surface area contributed by atoms with Crippen LogP contribution in [0.5, 0.6) is 5.75 Å². The molecule has 1 fully saturated rings. The molecule has 134 valence electrons. The first kappa shape index (κ1) is 17.7. The van der Waals surface area contributed by atoms with Gasteiger partial charge in [-0.3, -0.25) is 4.79 Å². The second-order valence-electron chi connectivity index (χ2n) is 6.17. The number of nitrogens with one attached hydrogen (secondary N) is 1. The maximum atomic E-state index is 12.4. The van der Waals surface area contributed by atoms with Crippen molar-refractivity contribution in [1.82, 2.24) is 25.5 Å². The van der Waals surface area contributed by atoms with E-state index in [-0.39, 0.29) is 11.2 Å². The molecule has 0 bridgehead atoms. The molecule has 3 rings (SSSR count). The Morgan fingerprint density at radius 3 is 2.68 bits per heavy atom. The summed E-state index contributed by atoms with van der Waals surface area (Å²) in [6.07, 6.45) is 5.82. The lowest BCUT2D eigenvalue weighted by Gasteiger charge is -2.24. The fraction of sp³-hybridized carbons (Fsp3) is 0.529. The molecule has 25 heavy (non-hydrogen) atoms. The molecule has 1 amide bonds. The summed E-state index contributed by atoms with van der Waals surface area (Å²) in [6, 6.07) is 7.77. The van der Waals surface area contributed by atoms with E-state index in [1.54, 1.807) is 11.8 Å². The molecule has 1 atom stereocenters. The van der Waals surface area contributed by atoms with Crippen molar-refractivity contribution < 1.29 is 9.53 Å². The second-order valence-corrected chi connectivity index (χ2v) is 7.48. The predicted octanol–water partition coefficient (Wildman–Crippen LogP) is 2.60. The van der Waals surface area contributed by atoms with Crippen molar-refractivity contribution in [3.05, 3.63) is 24.3 Å². The van der Waals surface area contributed by atoms with Crippen LogP contribution in [0.25, 0.3) is 5.69 Å². The van der Waals surface area contributed by atoms with E-state index in [9.17, 15) is 4.79 Å². The molecule has 1 aliphatic rings. The Morgan fingerprint density at radius 2 is 2.00 bits per heavy atom. The monoisotopic (exact) mass is 361 g/mol. The van der Waals surface area contributed by atoms with Gasteiger partial charge in [-0.1, -0.05) is 31.0 Å². The molecule has 7 nitrogen and oxygen atoms in total. The van der Waals surface area contributed by atoms with Gasteiger partial charge in [0, 0.05) is 6.04 Å². The number of tetrazole rings is 1. The second kappa shape index (κ2) is 8.33. The molecule has 0 saturated heterocycles. The van der Waals surface area contributed by atoms with Crippen LogP contribution in [0.3, 0.4) is 0 Å². The van der Waals surface area contributed by atoms with Gasteiger partial charge in [0.25, 0.3) is 0 Å². The first-order chi connectivity index (χ1) is 12.2. The van der Waals surface area contributed by atoms with Crippen molar-refractivity contribution in [3.8, 4) is 11.4 Å². The van der Waals surface area contributed by atoms with Crippen molar-refractivity contribution >= 4 is 17.7 Å². The number of amides is 1. The molecule has 0 radical (unpaired) electrons. The van der Waals surface area contributed by atoms with Gasteiger partial charge in [0.15, 0.2) is 0 Å². The van der Waals surface area contributed by atoms with Crippen LogP contribution in [-0.2, 0) is 4.79 Å². The first-order valence-corrected chi connectivity index (χ1v) is 9.45. The Labute approximate surface area is 151 Å². The van der Waals surface area contributed by atoms with E-state index in [0.29, 0.717) is 11.2 Å². The highest BCUT2D eigenvalue weighted by molar-refractivity contribution is 8.00. The van der Waals surface area contributed by atoms with Crippen LogP contribution in [0.2, 0.25) is 0 Å². The number of aromatic nitrogens is 4. The summed E-state index contributed by atoms with van der Waals surface area (Å²) in [6.45, 7) is 1.88. The van der Waals surface area contributed by atoms with E-state index in [1.165, 1.54) is 31.0 Å². The molecule has 1 aromatic carbocycles. The average Bonchev–Trinajstić information content (AvgIpc) is 3.10. The number of hydrogen-bond donors (Lipinski definition) is 1. The average molecular weight is 361 g/mol. The third-order valence-corrected chi connectivity index (χ3v) is 5.39. The summed E-state index contributed by atoms with van der Waals surface area (Å²) in [5.74, 6) is 0.812. The minimum Gasteiger partial charge on any atom is -0.497 e. The quantitative estimate of drug-likeness (QED) is 0.797. The summed E-state index contributed by atoms with van der Waals surface area (Å²) in [4.78, 5) is 12.4. The minimum absolute atomic E-state index is 0.0428. The number of thioether (sulfide) groups is 1. The zero-order valence-corrected chi connectivity index (χ0v) is 15.3. The molecular formula is C17H23N5O2S. The summed E-state index contributed by atoms with van der Waals surface area (Å²) in [5, 5.41) is 15.3. The summed E-state index contributed by atoms with van der Waals surface area (Å²) < 4.78 is 6.80. The Balaban J connectivity index is 1.64. The molecule has 0 unspecified atom stereocenters. The lowest BCUT2D eigenvalue weighted by Crippen LogP contribution is -2.40. The summed E-state index contributed by atoms with van der Waals surface area (Å²) in [5.41, 5.74) is 0.827. The van der Waals surface area contributed by atoms with Gasteiger partial charge >= 0.3 is 0 Å². The number of methoxy groups -OCH3 is 1. The standard InChI is InChI=1S/C17H23N5O2S/c1-12(16(23)18-13-6-4-3-5-7-13)25-17-19-20-21-22(17)14-8-10-15(24-2)11-9-14/h8-13H,3-7H2,1-2H3,(H,18,23)/t12-/m1/s1. The van der Waals surface area contributed by atoms with Crippen LogP contribution >= 0.6 is 11.8 Å². The van der Waals surface area contributed by atoms with Crippen LogP contribution < -0.4 is 10.1 Å². The van der Waals surface area contributed by atoms with E-state index in [2.05, 4.69) is 20.8 Å². The molecule has 1 heterocycles. The van der Waals surface area contributed by atoms with Gasteiger partial charge in [0.2, 0.25) is 11.1 Å². The number of carbonyl (C=O) groups is 1. The zero-order chi connectivity index (χ0) is 17.6. The summed E-state index contributed by atoms with van der Waals surface area (Å²) in [7, 11) is 1.62. The maximum absolute atomic E-state index is 12.4. The molecule has 2 aromatic rings. The van der Waals surface area contributed by atoms with E-state index >= 15 is 0 Å². The molecule has 0 spiro atoms. The third kappa shape index (κ3) is 4.50. The van der Waals surface area contributed by atoms with Gasteiger partial charge in [-0.25, -0.2) is 0 Å². The van der Waals surface area contributed by atoms with Gasteiger partial charge < -0.3 is 10.1 Å². The van der Waals surface area contributed by atoms with Gasteiger partial charge in [-0.05, 0) is 54.5 Å². The zero-order valence-electron chi connectivity index (χ0n) is 14.5. The van der Waals surface area contributed by atoms with Crippen molar-refractivity contribution in [2.24, 2.45) is 0 Å². The molecule has 1 aromatic heterocycles. The Hall–Kier alpha value is -2.09. The van der Waals surface area contributed by atoms with Crippen LogP contribution in [0, 0.1) is 0 Å². The van der Waals surface area contributed by atoms with E-state index in [4.69, 9.17) is 4.74 Å². The number of rotatable bonds is 6. The van der Waals surface area contributed by atoms with Crippen LogP contribution in [0.4, 0.5) is 0 Å². The summed E-state index contributed by atoms with van der Waals surface area (Å²) >= 11 is 1.36. The van der Waals surface area contributed by atoms with Gasteiger partial charge in [-0.15, -0.1) is 5.10 Å². The number of hydrogen-bond acceptors (Lipinski definition) is 6. The predicted molar refractivity (Wildman–Crippen MR) is 96.0 cm³/mol. The van der Waals surface area contributed by atoms with Crippen LogP contribution in [0.1, 0.15) is 39.0 Å². The fourth-order valence-corrected chi connectivity index (χ4v) is 3.73. The highest BCUT2D eigenvalue weighted by Gasteiger charge is 2.22. The van der Waals surface area contributed by atoms with Gasteiger partial charge in [-0.2, -0.15) is 4.68 Å². The number of nitrogens with zero attached hydrogens (tertiary/aromatic N) is 4. The van der Waals surface area contributed by atoms with Crippen molar-refractivity contribution in [1.29, 1.82) is 0 Å². The lowest BCUT2D eigenvalue weighted by atomic mass is 9.95. The van der Waals surface area contributed by atoms with Crippen LogP contribution in [-0.4, -0.2) is 44.5 Å². The fourth-order valence-electron chi connectivity index (χ4n) is 2.91. The van der Waals surface area contributed by atoms with Crippen molar-refractivity contribution in [2.45, 2.75) is 55.5 Å². The van der Waals surface area contributed by atoms with E-state index < -0.39 is 0 Å². The Morgan fingerprint density at radius 1 is 1.28 bits per heavy atom. The van der Waals surface area contributed by atoms with Crippen molar-refractivity contribution in [3.63, 3.8) is 0 Å². The molecule has 1 N–H and O–H groups in total. The topological polar surface area (TPSA) is 81.9 Å². The van der Waals surface area contributed by atoms with Gasteiger partial charge in [0.1, 0.15) is 5.75 Å². The molecule has 1 aliphatic carbocycles. The van der Waals surface area contributed by atoms with Gasteiger partial charge in [0.05, 0.1) is 18.0 Å². The Kier molecular flexibility index (Phi) is 5.91. The molecule has 8 heteroatoms. The largest absolute Gasteiger partial charge is 0.497 e. The van der Waals surface area contributed by atoms with E-state index in [1.807, 2.05) is 31.2 Å². The maximum Gasteiger partial charge on any atom is 0.233 e. The third-order valence-electron chi connectivity index (χ3n) is 4.36. The number of carbonyl (C=O) groups excluding carboxylic acids is 1. The highest BCUT2D eigenvalue weighted by atomic mass is 32.2. The molecular weight excluding hydrogens is 338 g/mol. The SMILES string of the molecule is COc1ccc(-n2nnnc2S[C@H](C)C(=O)NC2CCCCC2)cc1. The molecule has 0 aliphatic heterocycles. The number of benzene rings is 1. The highest BCUT2D eigenvalue weighted by Crippen LogP contribution is 2.25. The van der Waals surface area contributed by atoms with Crippen molar-refractivity contribution in [2.75, 3.05) is 7.11 Å². The normalized spacial score (nSPS) is 16.4.